The SMILES string of the molecule is O=C(N/N=C\[C@H]1C(=O)NC(=O)N(c2ccc(Cl)cc2)C1=O)c1ccccc1. The van der Waals surface area contributed by atoms with Crippen LogP contribution >= 0.6 is 11.6 Å². The molecule has 1 aliphatic heterocycles. The van der Waals surface area contributed by atoms with Gasteiger partial charge in [-0.15, -0.1) is 0 Å². The number of carbonyl (C=O) groups excluding carboxylic acids is 4. The molecular formula is C18H13ClN4O4. The molecule has 27 heavy (non-hydrogen) atoms. The van der Waals surface area contributed by atoms with Crippen LogP contribution in [0.2, 0.25) is 5.02 Å². The van der Waals surface area contributed by atoms with Crippen molar-refractivity contribution in [1.29, 1.82) is 0 Å². The zero-order valence-corrected chi connectivity index (χ0v) is 14.5. The molecule has 0 aromatic heterocycles. The second kappa shape index (κ2) is 7.79. The lowest BCUT2D eigenvalue weighted by atomic mass is 10.1. The number of amides is 5. The Bertz CT molecular complexity index is 928. The van der Waals surface area contributed by atoms with Gasteiger partial charge in [0, 0.05) is 16.8 Å². The van der Waals surface area contributed by atoms with Crippen LogP contribution in [0, 0.1) is 5.92 Å². The molecule has 0 saturated carbocycles. The predicted molar refractivity (Wildman–Crippen MR) is 98.4 cm³/mol. The van der Waals surface area contributed by atoms with Crippen molar-refractivity contribution in [3.05, 3.63) is 65.2 Å². The van der Waals surface area contributed by atoms with Crippen LogP contribution in [-0.2, 0) is 9.59 Å². The number of rotatable bonds is 4. The van der Waals surface area contributed by atoms with Crippen molar-refractivity contribution >= 4 is 47.3 Å². The van der Waals surface area contributed by atoms with Gasteiger partial charge in [-0.3, -0.25) is 19.7 Å². The van der Waals surface area contributed by atoms with Crippen LogP contribution in [0.3, 0.4) is 0 Å². The van der Waals surface area contributed by atoms with Gasteiger partial charge in [0.05, 0.1) is 5.69 Å². The Balaban J connectivity index is 1.75. The third kappa shape index (κ3) is 4.01. The van der Waals surface area contributed by atoms with E-state index in [1.165, 1.54) is 24.3 Å². The molecule has 1 aliphatic rings. The van der Waals surface area contributed by atoms with Gasteiger partial charge >= 0.3 is 6.03 Å². The maximum atomic E-state index is 12.6. The summed E-state index contributed by atoms with van der Waals surface area (Å²) in [6.07, 6.45) is 0.980. The number of benzene rings is 2. The topological polar surface area (TPSA) is 108 Å². The second-order valence-corrected chi connectivity index (χ2v) is 5.94. The van der Waals surface area contributed by atoms with Gasteiger partial charge in [0.15, 0.2) is 5.92 Å². The van der Waals surface area contributed by atoms with E-state index in [-0.39, 0.29) is 5.69 Å². The number of anilines is 1. The van der Waals surface area contributed by atoms with Crippen molar-refractivity contribution in [1.82, 2.24) is 10.7 Å². The first kappa shape index (κ1) is 18.3. The van der Waals surface area contributed by atoms with Crippen LogP contribution in [0.4, 0.5) is 10.5 Å². The molecule has 2 aromatic rings. The van der Waals surface area contributed by atoms with Gasteiger partial charge < -0.3 is 0 Å². The summed E-state index contributed by atoms with van der Waals surface area (Å²) in [5.74, 6) is -3.48. The Kier molecular flexibility index (Phi) is 5.28. The molecule has 0 radical (unpaired) electrons. The monoisotopic (exact) mass is 384 g/mol. The Morgan fingerprint density at radius 3 is 2.41 bits per heavy atom. The minimum absolute atomic E-state index is 0.251. The highest BCUT2D eigenvalue weighted by atomic mass is 35.5. The molecule has 1 saturated heterocycles. The molecule has 2 N–H and O–H groups in total. The van der Waals surface area contributed by atoms with Crippen molar-refractivity contribution in [3.8, 4) is 0 Å². The van der Waals surface area contributed by atoms with Crippen molar-refractivity contribution in [3.63, 3.8) is 0 Å². The molecule has 2 aromatic carbocycles. The number of urea groups is 1. The van der Waals surface area contributed by atoms with E-state index >= 15 is 0 Å². The first-order valence-corrected chi connectivity index (χ1v) is 8.18. The van der Waals surface area contributed by atoms with Crippen LogP contribution in [0.1, 0.15) is 10.4 Å². The quantitative estimate of drug-likeness (QED) is 0.477. The van der Waals surface area contributed by atoms with E-state index in [1.807, 2.05) is 0 Å². The van der Waals surface area contributed by atoms with Crippen LogP contribution < -0.4 is 15.6 Å². The number of nitrogens with one attached hydrogen (secondary N) is 2. The van der Waals surface area contributed by atoms with Gasteiger partial charge in [-0.1, -0.05) is 29.8 Å². The summed E-state index contributed by atoms with van der Waals surface area (Å²) < 4.78 is 0. The molecule has 1 fully saturated rings. The van der Waals surface area contributed by atoms with E-state index in [0.717, 1.165) is 11.1 Å². The lowest BCUT2D eigenvalue weighted by Crippen LogP contribution is -2.58. The summed E-state index contributed by atoms with van der Waals surface area (Å²) >= 11 is 5.80. The van der Waals surface area contributed by atoms with Crippen LogP contribution in [0.25, 0.3) is 0 Å². The molecule has 0 bridgehead atoms. The third-order valence-electron chi connectivity index (χ3n) is 3.71. The number of imide groups is 2. The van der Waals surface area contributed by atoms with Gasteiger partial charge in [0.25, 0.3) is 11.8 Å². The summed E-state index contributed by atoms with van der Waals surface area (Å²) in [5, 5.41) is 6.19. The van der Waals surface area contributed by atoms with E-state index in [2.05, 4.69) is 15.8 Å². The summed E-state index contributed by atoms with van der Waals surface area (Å²) in [5.41, 5.74) is 2.86. The van der Waals surface area contributed by atoms with Crippen LogP contribution in [0.15, 0.2) is 59.7 Å². The molecule has 8 nitrogen and oxygen atoms in total. The number of halogens is 1. The maximum absolute atomic E-state index is 12.6. The standard InChI is InChI=1S/C18H13ClN4O4/c19-12-6-8-13(9-7-12)23-17(26)14(16(25)21-18(23)27)10-20-22-15(24)11-4-2-1-3-5-11/h1-10,14H,(H,22,24)(H,21,25,27)/b20-10-/t14-/m0/s1. The Morgan fingerprint density at radius 1 is 1.07 bits per heavy atom. The lowest BCUT2D eigenvalue weighted by Gasteiger charge is -2.28. The average Bonchev–Trinajstić information content (AvgIpc) is 2.66. The van der Waals surface area contributed by atoms with E-state index in [9.17, 15) is 19.2 Å². The first-order chi connectivity index (χ1) is 13.0. The smallest absolute Gasteiger partial charge is 0.276 e. The Labute approximate surface area is 158 Å². The number of nitrogens with zero attached hydrogens (tertiary/aromatic N) is 2. The number of hydrogen-bond donors (Lipinski definition) is 2. The molecule has 0 aliphatic carbocycles. The van der Waals surface area contributed by atoms with Gasteiger partial charge in [0.1, 0.15) is 0 Å². The normalized spacial score (nSPS) is 17.1. The first-order valence-electron chi connectivity index (χ1n) is 7.80. The van der Waals surface area contributed by atoms with Gasteiger partial charge in [-0.2, -0.15) is 5.10 Å². The van der Waals surface area contributed by atoms with Crippen LogP contribution in [-0.4, -0.2) is 30.0 Å². The number of barbiturate groups is 1. The average molecular weight is 385 g/mol. The Hall–Kier alpha value is -3.52. The van der Waals surface area contributed by atoms with Crippen LogP contribution in [0.5, 0.6) is 0 Å². The molecule has 0 spiro atoms. The van der Waals surface area contributed by atoms with Gasteiger partial charge in [0.2, 0.25) is 5.91 Å². The fraction of sp³-hybridized carbons (Fsp3) is 0.0556. The van der Waals surface area contributed by atoms with E-state index < -0.39 is 29.7 Å². The Morgan fingerprint density at radius 2 is 1.74 bits per heavy atom. The predicted octanol–water partition coefficient (Wildman–Crippen LogP) is 1.95. The van der Waals surface area contributed by atoms with Crippen molar-refractivity contribution in [2.45, 2.75) is 0 Å². The molecule has 136 valence electrons. The molecule has 5 amide bonds. The fourth-order valence-corrected chi connectivity index (χ4v) is 2.51. The molecular weight excluding hydrogens is 372 g/mol. The maximum Gasteiger partial charge on any atom is 0.335 e. The highest BCUT2D eigenvalue weighted by Crippen LogP contribution is 2.22. The largest absolute Gasteiger partial charge is 0.335 e. The summed E-state index contributed by atoms with van der Waals surface area (Å²) in [6, 6.07) is 13.4. The summed E-state index contributed by atoms with van der Waals surface area (Å²) in [6.45, 7) is 0. The molecule has 9 heteroatoms. The van der Waals surface area contributed by atoms with E-state index in [0.29, 0.717) is 10.6 Å². The fourth-order valence-electron chi connectivity index (χ4n) is 2.38. The molecule has 3 rings (SSSR count). The zero-order chi connectivity index (χ0) is 19.4. The van der Waals surface area contributed by atoms with Gasteiger partial charge in [-0.25, -0.2) is 15.1 Å². The highest BCUT2D eigenvalue weighted by Gasteiger charge is 2.40. The number of hydrogen-bond acceptors (Lipinski definition) is 5. The van der Waals surface area contributed by atoms with E-state index in [4.69, 9.17) is 11.6 Å². The third-order valence-corrected chi connectivity index (χ3v) is 3.96. The minimum atomic E-state index is -1.37. The highest BCUT2D eigenvalue weighted by molar-refractivity contribution is 6.33. The zero-order valence-electron chi connectivity index (χ0n) is 13.8. The second-order valence-electron chi connectivity index (χ2n) is 5.51. The number of hydrazone groups is 1. The lowest BCUT2D eigenvalue weighted by molar-refractivity contribution is -0.131. The minimum Gasteiger partial charge on any atom is -0.276 e. The molecule has 1 atom stereocenters. The summed E-state index contributed by atoms with van der Waals surface area (Å²) in [4.78, 5) is 49.4. The molecule has 0 unspecified atom stereocenters. The summed E-state index contributed by atoms with van der Waals surface area (Å²) in [7, 11) is 0. The van der Waals surface area contributed by atoms with Gasteiger partial charge in [-0.05, 0) is 36.4 Å². The van der Waals surface area contributed by atoms with Crippen molar-refractivity contribution in [2.24, 2.45) is 11.0 Å². The number of carbonyl (C=O) groups is 4. The van der Waals surface area contributed by atoms with E-state index in [1.54, 1.807) is 30.3 Å². The molecule has 1 heterocycles. The van der Waals surface area contributed by atoms with Crippen molar-refractivity contribution in [2.75, 3.05) is 4.90 Å². The van der Waals surface area contributed by atoms with Crippen molar-refractivity contribution < 1.29 is 19.2 Å².